The van der Waals surface area contributed by atoms with E-state index in [0.29, 0.717) is 46.0 Å². The number of methoxy groups -OCH3 is 2. The second kappa shape index (κ2) is 8.63. The molecule has 2 heterocycles. The highest BCUT2D eigenvalue weighted by molar-refractivity contribution is 6.16. The molecule has 0 unspecified atom stereocenters. The van der Waals surface area contributed by atoms with Crippen LogP contribution in [0, 0.1) is 12.8 Å². The zero-order valence-electron chi connectivity index (χ0n) is 18.5. The molecule has 2 aliphatic rings. The predicted molar refractivity (Wildman–Crippen MR) is 119 cm³/mol. The van der Waals surface area contributed by atoms with Crippen LogP contribution in [-0.2, 0) is 6.54 Å². The monoisotopic (exact) mass is 423 g/mol. The Morgan fingerprint density at radius 1 is 1.19 bits per heavy atom. The number of phenols is 1. The van der Waals surface area contributed by atoms with Crippen molar-refractivity contribution in [1.82, 2.24) is 4.90 Å². The van der Waals surface area contributed by atoms with E-state index in [0.717, 1.165) is 31.8 Å². The van der Waals surface area contributed by atoms with Gasteiger partial charge < -0.3 is 19.3 Å². The molecule has 0 aromatic heterocycles. The molecule has 0 bridgehead atoms. The molecule has 6 nitrogen and oxygen atoms in total. The molecular weight excluding hydrogens is 394 g/mol. The lowest BCUT2D eigenvalue weighted by molar-refractivity contribution is 0.101. The highest BCUT2D eigenvalue weighted by Crippen LogP contribution is 2.43. The topological polar surface area (TPSA) is 68.2 Å². The van der Waals surface area contributed by atoms with Gasteiger partial charge in [0.2, 0.25) is 5.78 Å². The SMILES string of the molecule is COc1ccc(OC)c(/C=C2\Oc3c(CN4CCC(C)CC4)c(O)cc(C)c3C2=O)c1. The number of carbonyl (C=O) groups is 1. The molecular formula is C25H29NO5. The molecule has 0 amide bonds. The first-order chi connectivity index (χ1) is 14.9. The van der Waals surface area contributed by atoms with E-state index in [4.69, 9.17) is 14.2 Å². The van der Waals surface area contributed by atoms with E-state index in [2.05, 4.69) is 11.8 Å². The van der Waals surface area contributed by atoms with Gasteiger partial charge in [-0.1, -0.05) is 6.92 Å². The van der Waals surface area contributed by atoms with Crippen molar-refractivity contribution in [3.8, 4) is 23.0 Å². The summed E-state index contributed by atoms with van der Waals surface area (Å²) in [5, 5.41) is 10.7. The number of likely N-dealkylation sites (tertiary alicyclic amines) is 1. The van der Waals surface area contributed by atoms with E-state index in [1.54, 1.807) is 44.6 Å². The summed E-state index contributed by atoms with van der Waals surface area (Å²) in [4.78, 5) is 15.5. The predicted octanol–water partition coefficient (Wildman–Crippen LogP) is 4.57. The summed E-state index contributed by atoms with van der Waals surface area (Å²) in [7, 11) is 3.17. The first-order valence-corrected chi connectivity index (χ1v) is 10.6. The molecule has 2 aromatic carbocycles. The largest absolute Gasteiger partial charge is 0.507 e. The third kappa shape index (κ3) is 4.12. The lowest BCUT2D eigenvalue weighted by Gasteiger charge is -2.30. The molecule has 2 aliphatic heterocycles. The number of hydrogen-bond donors (Lipinski definition) is 1. The minimum absolute atomic E-state index is 0.169. The Hall–Kier alpha value is -2.99. The number of Topliss-reactive ketones (excluding diaryl/α,β-unsaturated/α-hetero) is 1. The standard InChI is InChI=1S/C25H29NO5/c1-15-7-9-26(10-8-15)14-19-20(27)11-16(2)23-24(28)22(31-25(19)23)13-17-12-18(29-3)5-6-21(17)30-4/h5-6,11-13,15,27H,7-10,14H2,1-4H3/b22-13-. The van der Waals surface area contributed by atoms with Gasteiger partial charge in [0.1, 0.15) is 23.0 Å². The van der Waals surface area contributed by atoms with Gasteiger partial charge in [0.15, 0.2) is 5.76 Å². The lowest BCUT2D eigenvalue weighted by atomic mass is 9.96. The van der Waals surface area contributed by atoms with Gasteiger partial charge in [-0.15, -0.1) is 0 Å². The van der Waals surface area contributed by atoms with Gasteiger partial charge in [-0.3, -0.25) is 9.69 Å². The zero-order chi connectivity index (χ0) is 22.1. The molecule has 164 valence electrons. The molecule has 2 aromatic rings. The normalized spacial score (nSPS) is 18.2. The number of allylic oxidation sites excluding steroid dienone is 1. The fraction of sp³-hybridized carbons (Fsp3) is 0.400. The van der Waals surface area contributed by atoms with E-state index in [-0.39, 0.29) is 17.3 Å². The van der Waals surface area contributed by atoms with Crippen LogP contribution in [-0.4, -0.2) is 43.1 Å². The average molecular weight is 424 g/mol. The fourth-order valence-corrected chi connectivity index (χ4v) is 4.27. The van der Waals surface area contributed by atoms with Crippen molar-refractivity contribution in [1.29, 1.82) is 0 Å². The summed E-state index contributed by atoms with van der Waals surface area (Å²) in [5.41, 5.74) is 2.58. The van der Waals surface area contributed by atoms with Crippen LogP contribution in [0.3, 0.4) is 0 Å². The highest BCUT2D eigenvalue weighted by Gasteiger charge is 2.34. The summed E-state index contributed by atoms with van der Waals surface area (Å²) >= 11 is 0. The number of ether oxygens (including phenoxy) is 3. The van der Waals surface area contributed by atoms with Crippen LogP contribution < -0.4 is 14.2 Å². The van der Waals surface area contributed by atoms with Crippen LogP contribution in [0.15, 0.2) is 30.0 Å². The molecule has 0 atom stereocenters. The molecule has 1 N–H and O–H groups in total. The Kier molecular flexibility index (Phi) is 5.92. The van der Waals surface area contributed by atoms with Gasteiger partial charge in [0, 0.05) is 12.1 Å². The molecule has 0 radical (unpaired) electrons. The van der Waals surface area contributed by atoms with Crippen LogP contribution in [0.4, 0.5) is 0 Å². The Morgan fingerprint density at radius 2 is 1.94 bits per heavy atom. The molecule has 31 heavy (non-hydrogen) atoms. The number of carbonyl (C=O) groups excluding carboxylic acids is 1. The number of phenolic OH excluding ortho intramolecular Hbond substituents is 1. The lowest BCUT2D eigenvalue weighted by Crippen LogP contribution is -2.32. The summed E-state index contributed by atoms with van der Waals surface area (Å²) in [6.45, 7) is 6.59. The van der Waals surface area contributed by atoms with Gasteiger partial charge >= 0.3 is 0 Å². The van der Waals surface area contributed by atoms with E-state index >= 15 is 0 Å². The number of piperidine rings is 1. The van der Waals surface area contributed by atoms with E-state index in [9.17, 15) is 9.90 Å². The minimum Gasteiger partial charge on any atom is -0.507 e. The summed E-state index contributed by atoms with van der Waals surface area (Å²) in [6, 6.07) is 7.05. The summed E-state index contributed by atoms with van der Waals surface area (Å²) < 4.78 is 16.8. The Morgan fingerprint density at radius 3 is 2.61 bits per heavy atom. The van der Waals surface area contributed by atoms with Gasteiger partial charge in [-0.05, 0) is 74.7 Å². The molecule has 4 rings (SSSR count). The minimum atomic E-state index is -0.189. The van der Waals surface area contributed by atoms with Crippen molar-refractivity contribution >= 4 is 11.9 Å². The number of benzene rings is 2. The van der Waals surface area contributed by atoms with Crippen molar-refractivity contribution < 1.29 is 24.1 Å². The van der Waals surface area contributed by atoms with Crippen molar-refractivity contribution in [2.24, 2.45) is 5.92 Å². The number of fused-ring (bicyclic) bond motifs is 1. The first-order valence-electron chi connectivity index (χ1n) is 10.6. The van der Waals surface area contributed by atoms with Crippen molar-refractivity contribution in [2.45, 2.75) is 33.2 Å². The van der Waals surface area contributed by atoms with Crippen LogP contribution in [0.1, 0.15) is 46.8 Å². The molecule has 1 saturated heterocycles. The number of nitrogens with zero attached hydrogens (tertiary/aromatic N) is 1. The molecule has 0 saturated carbocycles. The second-order valence-corrected chi connectivity index (χ2v) is 8.40. The fourth-order valence-electron chi connectivity index (χ4n) is 4.27. The Balaban J connectivity index is 1.70. The quantitative estimate of drug-likeness (QED) is 0.711. The third-order valence-corrected chi connectivity index (χ3v) is 6.20. The van der Waals surface area contributed by atoms with E-state index in [1.165, 1.54) is 0 Å². The molecule has 0 spiro atoms. The maximum atomic E-state index is 13.2. The van der Waals surface area contributed by atoms with Crippen LogP contribution in [0.2, 0.25) is 0 Å². The maximum absolute atomic E-state index is 13.2. The Bertz CT molecular complexity index is 1030. The van der Waals surface area contributed by atoms with Crippen molar-refractivity contribution in [2.75, 3.05) is 27.3 Å². The number of aromatic hydroxyl groups is 1. The van der Waals surface area contributed by atoms with E-state index < -0.39 is 0 Å². The van der Waals surface area contributed by atoms with E-state index in [1.807, 2.05) is 6.92 Å². The number of aryl methyl sites for hydroxylation is 1. The van der Waals surface area contributed by atoms with Gasteiger partial charge in [0.25, 0.3) is 0 Å². The number of ketones is 1. The molecule has 0 aliphatic carbocycles. The van der Waals surface area contributed by atoms with Gasteiger partial charge in [-0.25, -0.2) is 0 Å². The smallest absolute Gasteiger partial charge is 0.232 e. The van der Waals surface area contributed by atoms with Gasteiger partial charge in [0.05, 0.1) is 25.3 Å². The number of hydrogen-bond acceptors (Lipinski definition) is 6. The maximum Gasteiger partial charge on any atom is 0.232 e. The molecule has 1 fully saturated rings. The van der Waals surface area contributed by atoms with Crippen LogP contribution in [0.5, 0.6) is 23.0 Å². The Labute approximate surface area is 183 Å². The first kappa shape index (κ1) is 21.2. The zero-order valence-corrected chi connectivity index (χ0v) is 18.5. The van der Waals surface area contributed by atoms with Crippen LogP contribution in [0.25, 0.3) is 6.08 Å². The average Bonchev–Trinajstić information content (AvgIpc) is 3.08. The van der Waals surface area contributed by atoms with Gasteiger partial charge in [-0.2, -0.15) is 0 Å². The van der Waals surface area contributed by atoms with Crippen LogP contribution >= 0.6 is 0 Å². The van der Waals surface area contributed by atoms with Crippen molar-refractivity contribution in [3.05, 3.63) is 52.3 Å². The summed E-state index contributed by atoms with van der Waals surface area (Å²) in [5.74, 6) is 2.65. The second-order valence-electron chi connectivity index (χ2n) is 8.40. The third-order valence-electron chi connectivity index (χ3n) is 6.20. The molecule has 6 heteroatoms. The number of rotatable bonds is 5. The highest BCUT2D eigenvalue weighted by atomic mass is 16.5. The van der Waals surface area contributed by atoms with Crippen molar-refractivity contribution in [3.63, 3.8) is 0 Å². The summed E-state index contributed by atoms with van der Waals surface area (Å²) in [6.07, 6.45) is 3.94.